The maximum atomic E-state index is 13.1. The molecule has 1 amide bonds. The number of nitrogens with zero attached hydrogens (tertiary/aromatic N) is 3. The smallest absolute Gasteiger partial charge is 0.295 e. The van der Waals surface area contributed by atoms with E-state index in [1.165, 1.54) is 0 Å². The molecule has 0 aliphatic heterocycles. The maximum absolute atomic E-state index is 13.1. The molecule has 0 unspecified atom stereocenters. The molecule has 0 saturated heterocycles. The van der Waals surface area contributed by atoms with E-state index in [2.05, 4.69) is 15.4 Å². The highest BCUT2D eigenvalue weighted by Gasteiger charge is 2.20. The Morgan fingerprint density at radius 2 is 1.66 bits per heavy atom. The maximum Gasteiger partial charge on any atom is 0.295 e. The molecule has 6 heteroatoms. The van der Waals surface area contributed by atoms with Gasteiger partial charge in [0.05, 0.1) is 5.69 Å². The van der Waals surface area contributed by atoms with Crippen molar-refractivity contribution in [1.29, 1.82) is 0 Å². The van der Waals surface area contributed by atoms with Crippen molar-refractivity contribution >= 4 is 34.0 Å². The van der Waals surface area contributed by atoms with E-state index in [0.29, 0.717) is 16.5 Å². The van der Waals surface area contributed by atoms with Crippen molar-refractivity contribution in [3.05, 3.63) is 107 Å². The number of nitrogens with one attached hydrogen (secondary N) is 1. The summed E-state index contributed by atoms with van der Waals surface area (Å²) in [6, 6.07) is 29.0. The van der Waals surface area contributed by atoms with Crippen LogP contribution < -0.4 is 5.32 Å². The second-order valence-corrected chi connectivity index (χ2v) is 7.86. The summed E-state index contributed by atoms with van der Waals surface area (Å²) in [4.78, 5) is 17.7. The topological polar surface area (TPSA) is 59.8 Å². The molecule has 1 heterocycles. The normalized spacial score (nSPS) is 10.9. The van der Waals surface area contributed by atoms with Crippen molar-refractivity contribution in [2.24, 2.45) is 0 Å². The van der Waals surface area contributed by atoms with Gasteiger partial charge in [0, 0.05) is 21.7 Å². The Bertz CT molecular complexity index is 1440. The summed E-state index contributed by atoms with van der Waals surface area (Å²) in [5.74, 6) is 0.262. The average molecular weight is 439 g/mol. The van der Waals surface area contributed by atoms with Crippen molar-refractivity contribution in [3.63, 3.8) is 0 Å². The van der Waals surface area contributed by atoms with Crippen LogP contribution in [0.1, 0.15) is 16.2 Å². The van der Waals surface area contributed by atoms with Gasteiger partial charge in [-0.2, -0.15) is 0 Å². The van der Waals surface area contributed by atoms with Crippen LogP contribution in [0.5, 0.6) is 0 Å². The molecule has 4 aromatic carbocycles. The summed E-state index contributed by atoms with van der Waals surface area (Å²) in [7, 11) is 0. The van der Waals surface area contributed by atoms with Crippen LogP contribution >= 0.6 is 11.6 Å². The standard InChI is InChI=1S/C26H19ClN4O/c1-17-14-15-20(16-22(17)27)31-25(19-9-3-2-4-10-19)29-24(30-31)26(32)28-23-13-7-11-18-8-5-6-12-21(18)23/h2-16H,1H3,(H,28,32). The number of rotatable bonds is 4. The predicted octanol–water partition coefficient (Wildman–Crippen LogP) is 6.30. The number of aryl methyl sites for hydroxylation is 1. The zero-order valence-electron chi connectivity index (χ0n) is 17.3. The molecule has 0 bridgehead atoms. The van der Waals surface area contributed by atoms with Crippen molar-refractivity contribution < 1.29 is 4.79 Å². The number of carbonyl (C=O) groups is 1. The minimum Gasteiger partial charge on any atom is -0.319 e. The van der Waals surface area contributed by atoms with Crippen LogP contribution in [0.25, 0.3) is 27.8 Å². The molecule has 5 aromatic rings. The summed E-state index contributed by atoms with van der Waals surface area (Å²) in [5.41, 5.74) is 3.26. The van der Waals surface area contributed by atoms with Crippen LogP contribution in [0.4, 0.5) is 5.69 Å². The number of amides is 1. The van der Waals surface area contributed by atoms with E-state index in [9.17, 15) is 4.79 Å². The van der Waals surface area contributed by atoms with Crippen LogP contribution in [0, 0.1) is 6.92 Å². The van der Waals surface area contributed by atoms with E-state index in [4.69, 9.17) is 11.6 Å². The average Bonchev–Trinajstić information content (AvgIpc) is 3.27. The quantitative estimate of drug-likeness (QED) is 0.358. The number of hydrogen-bond donors (Lipinski definition) is 1. The van der Waals surface area contributed by atoms with Crippen LogP contribution in [0.15, 0.2) is 91.0 Å². The highest BCUT2D eigenvalue weighted by atomic mass is 35.5. The van der Waals surface area contributed by atoms with Gasteiger partial charge in [0.15, 0.2) is 5.82 Å². The summed E-state index contributed by atoms with van der Waals surface area (Å²) in [6.45, 7) is 1.94. The van der Waals surface area contributed by atoms with Gasteiger partial charge in [0.25, 0.3) is 5.91 Å². The van der Waals surface area contributed by atoms with Crippen LogP contribution in [-0.2, 0) is 0 Å². The first-order valence-electron chi connectivity index (χ1n) is 10.2. The Kier molecular flexibility index (Phi) is 5.17. The van der Waals surface area contributed by atoms with E-state index < -0.39 is 0 Å². The lowest BCUT2D eigenvalue weighted by atomic mass is 10.1. The molecular formula is C26H19ClN4O. The number of halogens is 1. The molecule has 32 heavy (non-hydrogen) atoms. The minimum absolute atomic E-state index is 0.0773. The number of aromatic nitrogens is 3. The first kappa shape index (κ1) is 20.0. The third-order valence-corrected chi connectivity index (χ3v) is 5.69. The van der Waals surface area contributed by atoms with Gasteiger partial charge >= 0.3 is 0 Å². The first-order chi connectivity index (χ1) is 15.6. The zero-order valence-corrected chi connectivity index (χ0v) is 18.0. The Balaban J connectivity index is 1.57. The lowest BCUT2D eigenvalue weighted by Crippen LogP contribution is -2.14. The van der Waals surface area contributed by atoms with E-state index in [-0.39, 0.29) is 11.7 Å². The lowest BCUT2D eigenvalue weighted by molar-refractivity contribution is 0.101. The SMILES string of the molecule is Cc1ccc(-n2nc(C(=O)Nc3cccc4ccccc34)nc2-c2ccccc2)cc1Cl. The number of fused-ring (bicyclic) bond motifs is 1. The molecule has 0 fully saturated rings. The molecule has 1 N–H and O–H groups in total. The third-order valence-electron chi connectivity index (χ3n) is 5.28. The van der Waals surface area contributed by atoms with Crippen molar-refractivity contribution in [2.45, 2.75) is 6.92 Å². The highest BCUT2D eigenvalue weighted by Crippen LogP contribution is 2.26. The highest BCUT2D eigenvalue weighted by molar-refractivity contribution is 6.31. The van der Waals surface area contributed by atoms with Gasteiger partial charge in [-0.05, 0) is 36.1 Å². The second-order valence-electron chi connectivity index (χ2n) is 7.45. The molecule has 5 rings (SSSR count). The lowest BCUT2D eigenvalue weighted by Gasteiger charge is -2.07. The van der Waals surface area contributed by atoms with Gasteiger partial charge < -0.3 is 5.32 Å². The Morgan fingerprint density at radius 3 is 2.47 bits per heavy atom. The Hall–Kier alpha value is -3.96. The fraction of sp³-hybridized carbons (Fsp3) is 0.0385. The zero-order chi connectivity index (χ0) is 22.1. The summed E-state index contributed by atoms with van der Waals surface area (Å²) in [6.07, 6.45) is 0. The molecule has 1 aromatic heterocycles. The minimum atomic E-state index is -0.379. The van der Waals surface area contributed by atoms with Gasteiger partial charge in [0.2, 0.25) is 5.82 Å². The predicted molar refractivity (Wildman–Crippen MR) is 128 cm³/mol. The van der Waals surface area contributed by atoms with Crippen molar-refractivity contribution in [2.75, 3.05) is 5.32 Å². The molecular weight excluding hydrogens is 420 g/mol. The summed E-state index contributed by atoms with van der Waals surface area (Å²) < 4.78 is 1.65. The molecule has 0 radical (unpaired) electrons. The van der Waals surface area contributed by atoms with Gasteiger partial charge in [-0.25, -0.2) is 9.67 Å². The second kappa shape index (κ2) is 8.29. The van der Waals surface area contributed by atoms with Crippen LogP contribution in [0.3, 0.4) is 0 Å². The molecule has 0 aliphatic carbocycles. The largest absolute Gasteiger partial charge is 0.319 e. The van der Waals surface area contributed by atoms with Crippen LogP contribution in [-0.4, -0.2) is 20.7 Å². The number of hydrogen-bond acceptors (Lipinski definition) is 3. The van der Waals surface area contributed by atoms with E-state index in [1.807, 2.05) is 97.9 Å². The molecule has 5 nitrogen and oxygen atoms in total. The Morgan fingerprint density at radius 1 is 0.906 bits per heavy atom. The molecule has 0 aliphatic rings. The van der Waals surface area contributed by atoms with Gasteiger partial charge in [-0.15, -0.1) is 5.10 Å². The summed E-state index contributed by atoms with van der Waals surface area (Å²) >= 11 is 6.35. The monoisotopic (exact) mass is 438 g/mol. The molecule has 156 valence electrons. The van der Waals surface area contributed by atoms with Crippen LogP contribution in [0.2, 0.25) is 5.02 Å². The van der Waals surface area contributed by atoms with Gasteiger partial charge in [-0.3, -0.25) is 4.79 Å². The number of benzene rings is 4. The van der Waals surface area contributed by atoms with Crippen molar-refractivity contribution in [3.8, 4) is 17.1 Å². The van der Waals surface area contributed by atoms with E-state index >= 15 is 0 Å². The van der Waals surface area contributed by atoms with E-state index in [1.54, 1.807) is 4.68 Å². The molecule has 0 spiro atoms. The fourth-order valence-electron chi connectivity index (χ4n) is 3.59. The third kappa shape index (κ3) is 3.74. The first-order valence-corrected chi connectivity index (χ1v) is 10.6. The molecule has 0 saturated carbocycles. The Labute approximate surface area is 190 Å². The van der Waals surface area contributed by atoms with Crippen molar-refractivity contribution in [1.82, 2.24) is 14.8 Å². The van der Waals surface area contributed by atoms with Gasteiger partial charge in [-0.1, -0.05) is 84.4 Å². The molecule has 0 atom stereocenters. The van der Waals surface area contributed by atoms with E-state index in [0.717, 1.165) is 27.6 Å². The van der Waals surface area contributed by atoms with Gasteiger partial charge in [0.1, 0.15) is 0 Å². The number of carbonyl (C=O) groups excluding carboxylic acids is 1. The summed E-state index contributed by atoms with van der Waals surface area (Å²) in [5, 5.41) is 10.1. The fourth-order valence-corrected chi connectivity index (χ4v) is 3.76. The number of anilines is 1.